The molecule has 0 aliphatic carbocycles. The minimum Gasteiger partial charge on any atom is -0.478 e. The summed E-state index contributed by atoms with van der Waals surface area (Å²) in [5, 5.41) is 5.44. The van der Waals surface area contributed by atoms with E-state index in [0.29, 0.717) is 18.3 Å². The first kappa shape index (κ1) is 12.8. The van der Waals surface area contributed by atoms with E-state index in [0.717, 1.165) is 5.82 Å². The molecule has 0 fully saturated rings. The standard InChI is InChI=1S/C13H17N3OS/c1-4-17-13-8-12(15-10(3)16-13)14-9(2)11-6-5-7-18-11/h5-9H,4H2,1-3H3,(H,14,15,16). The molecule has 2 aromatic rings. The monoisotopic (exact) mass is 263 g/mol. The quantitative estimate of drug-likeness (QED) is 0.898. The van der Waals surface area contributed by atoms with Crippen molar-refractivity contribution in [1.29, 1.82) is 0 Å². The molecular weight excluding hydrogens is 246 g/mol. The number of hydrogen-bond acceptors (Lipinski definition) is 5. The zero-order valence-electron chi connectivity index (χ0n) is 10.8. The van der Waals surface area contributed by atoms with Gasteiger partial charge in [-0.2, -0.15) is 4.98 Å². The molecule has 0 spiro atoms. The van der Waals surface area contributed by atoms with E-state index in [4.69, 9.17) is 4.74 Å². The predicted octanol–water partition coefficient (Wildman–Crippen LogP) is 3.42. The van der Waals surface area contributed by atoms with Gasteiger partial charge in [0.1, 0.15) is 11.6 Å². The van der Waals surface area contributed by atoms with Crippen molar-refractivity contribution in [3.8, 4) is 5.88 Å². The molecular formula is C13H17N3OS. The van der Waals surface area contributed by atoms with Crippen molar-refractivity contribution >= 4 is 17.2 Å². The molecule has 0 aliphatic heterocycles. The van der Waals surface area contributed by atoms with Gasteiger partial charge in [-0.15, -0.1) is 11.3 Å². The highest BCUT2D eigenvalue weighted by Crippen LogP contribution is 2.23. The number of nitrogens with one attached hydrogen (secondary N) is 1. The number of nitrogens with zero attached hydrogens (tertiary/aromatic N) is 2. The average Bonchev–Trinajstić information content (AvgIpc) is 2.81. The van der Waals surface area contributed by atoms with Gasteiger partial charge >= 0.3 is 0 Å². The van der Waals surface area contributed by atoms with E-state index in [1.165, 1.54) is 4.88 Å². The number of rotatable bonds is 5. The highest BCUT2D eigenvalue weighted by atomic mass is 32.1. The number of thiophene rings is 1. The fourth-order valence-electron chi connectivity index (χ4n) is 1.67. The van der Waals surface area contributed by atoms with Gasteiger partial charge in [0.25, 0.3) is 0 Å². The van der Waals surface area contributed by atoms with Crippen LogP contribution in [0.15, 0.2) is 23.6 Å². The van der Waals surface area contributed by atoms with Gasteiger partial charge in [-0.25, -0.2) is 4.98 Å². The maximum absolute atomic E-state index is 5.41. The van der Waals surface area contributed by atoms with Gasteiger partial charge in [-0.05, 0) is 32.2 Å². The third-order valence-corrected chi connectivity index (χ3v) is 3.50. The predicted molar refractivity (Wildman–Crippen MR) is 74.3 cm³/mol. The number of aromatic nitrogens is 2. The third kappa shape index (κ3) is 3.20. The lowest BCUT2D eigenvalue weighted by atomic mass is 10.3. The van der Waals surface area contributed by atoms with Crippen LogP contribution in [0.2, 0.25) is 0 Å². The van der Waals surface area contributed by atoms with Crippen molar-refractivity contribution in [3.63, 3.8) is 0 Å². The number of aryl methyl sites for hydroxylation is 1. The number of hydrogen-bond donors (Lipinski definition) is 1. The normalized spacial score (nSPS) is 12.2. The van der Waals surface area contributed by atoms with Crippen molar-refractivity contribution < 1.29 is 4.74 Å². The van der Waals surface area contributed by atoms with Gasteiger partial charge in [-0.1, -0.05) is 6.07 Å². The Morgan fingerprint density at radius 3 is 2.94 bits per heavy atom. The average molecular weight is 263 g/mol. The second-order valence-electron chi connectivity index (χ2n) is 3.95. The minimum atomic E-state index is 0.230. The fraction of sp³-hybridized carbons (Fsp3) is 0.385. The van der Waals surface area contributed by atoms with Gasteiger partial charge in [0.05, 0.1) is 12.6 Å². The fourth-order valence-corrected chi connectivity index (χ4v) is 2.40. The van der Waals surface area contributed by atoms with E-state index in [2.05, 4.69) is 39.7 Å². The SMILES string of the molecule is CCOc1cc(NC(C)c2cccs2)nc(C)n1. The van der Waals surface area contributed by atoms with E-state index >= 15 is 0 Å². The summed E-state index contributed by atoms with van der Waals surface area (Å²) in [6.45, 7) is 6.53. The second-order valence-corrected chi connectivity index (χ2v) is 4.93. The third-order valence-electron chi connectivity index (χ3n) is 2.44. The second kappa shape index (κ2) is 5.82. The smallest absolute Gasteiger partial charge is 0.218 e. The topological polar surface area (TPSA) is 47.0 Å². The van der Waals surface area contributed by atoms with Crippen molar-refractivity contribution in [2.45, 2.75) is 26.8 Å². The van der Waals surface area contributed by atoms with Crippen LogP contribution in [0.5, 0.6) is 5.88 Å². The lowest BCUT2D eigenvalue weighted by Crippen LogP contribution is -2.08. The first-order valence-electron chi connectivity index (χ1n) is 5.97. The minimum absolute atomic E-state index is 0.230. The summed E-state index contributed by atoms with van der Waals surface area (Å²) < 4.78 is 5.41. The first-order valence-corrected chi connectivity index (χ1v) is 6.85. The van der Waals surface area contributed by atoms with Crippen LogP contribution in [0.4, 0.5) is 5.82 Å². The molecule has 5 heteroatoms. The molecule has 96 valence electrons. The summed E-state index contributed by atoms with van der Waals surface area (Å²) in [7, 11) is 0. The number of ether oxygens (including phenoxy) is 1. The van der Waals surface area contributed by atoms with Crippen molar-refractivity contribution in [1.82, 2.24) is 9.97 Å². The molecule has 2 heterocycles. The maximum atomic E-state index is 5.41. The van der Waals surface area contributed by atoms with Crippen molar-refractivity contribution in [3.05, 3.63) is 34.3 Å². The Hall–Kier alpha value is -1.62. The molecule has 0 aliphatic rings. The van der Waals surface area contributed by atoms with Crippen LogP contribution < -0.4 is 10.1 Å². The Morgan fingerprint density at radius 2 is 2.28 bits per heavy atom. The molecule has 0 radical (unpaired) electrons. The summed E-state index contributed by atoms with van der Waals surface area (Å²) in [6, 6.07) is 6.23. The van der Waals surface area contributed by atoms with Gasteiger partial charge in [-0.3, -0.25) is 0 Å². The highest BCUT2D eigenvalue weighted by Gasteiger charge is 2.09. The summed E-state index contributed by atoms with van der Waals surface area (Å²) in [4.78, 5) is 9.87. The van der Waals surface area contributed by atoms with Crippen LogP contribution >= 0.6 is 11.3 Å². The summed E-state index contributed by atoms with van der Waals surface area (Å²) in [6.07, 6.45) is 0. The molecule has 2 aromatic heterocycles. The van der Waals surface area contributed by atoms with Crippen LogP contribution in [0.3, 0.4) is 0 Å². The van der Waals surface area contributed by atoms with E-state index < -0.39 is 0 Å². The Kier molecular flexibility index (Phi) is 4.15. The molecule has 0 aromatic carbocycles. The molecule has 1 atom stereocenters. The molecule has 1 N–H and O–H groups in total. The van der Waals surface area contributed by atoms with Gasteiger partial charge in [0.2, 0.25) is 5.88 Å². The summed E-state index contributed by atoms with van der Waals surface area (Å²) in [5.41, 5.74) is 0. The van der Waals surface area contributed by atoms with Crippen molar-refractivity contribution in [2.75, 3.05) is 11.9 Å². The van der Waals surface area contributed by atoms with Crippen LogP contribution in [-0.2, 0) is 0 Å². The first-order chi connectivity index (χ1) is 8.69. The molecule has 18 heavy (non-hydrogen) atoms. The van der Waals surface area contributed by atoms with E-state index in [1.54, 1.807) is 11.3 Å². The Bertz CT molecular complexity index is 499. The molecule has 0 bridgehead atoms. The Balaban J connectivity index is 2.13. The lowest BCUT2D eigenvalue weighted by Gasteiger charge is -2.14. The van der Waals surface area contributed by atoms with Gasteiger partial charge in [0, 0.05) is 10.9 Å². The number of anilines is 1. The Morgan fingerprint density at radius 1 is 1.44 bits per heavy atom. The summed E-state index contributed by atoms with van der Waals surface area (Å²) >= 11 is 1.73. The molecule has 0 saturated heterocycles. The largest absolute Gasteiger partial charge is 0.478 e. The van der Waals surface area contributed by atoms with E-state index in [1.807, 2.05) is 19.9 Å². The molecule has 1 unspecified atom stereocenters. The van der Waals surface area contributed by atoms with Gasteiger partial charge in [0.15, 0.2) is 0 Å². The van der Waals surface area contributed by atoms with Crippen LogP contribution in [0.25, 0.3) is 0 Å². The zero-order chi connectivity index (χ0) is 13.0. The molecule has 0 saturated carbocycles. The maximum Gasteiger partial charge on any atom is 0.218 e. The highest BCUT2D eigenvalue weighted by molar-refractivity contribution is 7.10. The summed E-state index contributed by atoms with van der Waals surface area (Å²) in [5.74, 6) is 2.12. The van der Waals surface area contributed by atoms with Crippen LogP contribution in [0.1, 0.15) is 30.6 Å². The van der Waals surface area contributed by atoms with E-state index in [9.17, 15) is 0 Å². The molecule has 0 amide bonds. The Labute approximate surface area is 111 Å². The zero-order valence-corrected chi connectivity index (χ0v) is 11.6. The molecule has 2 rings (SSSR count). The molecule has 4 nitrogen and oxygen atoms in total. The van der Waals surface area contributed by atoms with Crippen LogP contribution in [0, 0.1) is 6.92 Å². The van der Waals surface area contributed by atoms with Crippen molar-refractivity contribution in [2.24, 2.45) is 0 Å². The lowest BCUT2D eigenvalue weighted by molar-refractivity contribution is 0.325. The van der Waals surface area contributed by atoms with E-state index in [-0.39, 0.29) is 6.04 Å². The van der Waals surface area contributed by atoms with Crippen LogP contribution in [-0.4, -0.2) is 16.6 Å². The van der Waals surface area contributed by atoms with Gasteiger partial charge < -0.3 is 10.1 Å².